The molecule has 51 heavy (non-hydrogen) atoms. The van der Waals surface area contributed by atoms with Crippen LogP contribution in [0.15, 0.2) is 79.1 Å². The molecule has 11 nitrogen and oxygen atoms in total. The predicted octanol–water partition coefficient (Wildman–Crippen LogP) is 8.85. The number of carboxylic acids is 1. The summed E-state index contributed by atoms with van der Waals surface area (Å²) in [5.41, 5.74) is -2.54. The maximum Gasteiger partial charge on any atom is 0.439 e. The summed E-state index contributed by atoms with van der Waals surface area (Å²) >= 11 is 0. The van der Waals surface area contributed by atoms with Gasteiger partial charge in [0.25, 0.3) is 0 Å². The van der Waals surface area contributed by atoms with E-state index in [0.717, 1.165) is 16.3 Å². The van der Waals surface area contributed by atoms with Crippen LogP contribution in [-0.4, -0.2) is 57.2 Å². The number of ether oxygens (including phenoxy) is 4. The molecule has 0 aliphatic heterocycles. The molecule has 0 aliphatic carbocycles. The number of anilines is 1. The smallest absolute Gasteiger partial charge is 0.439 e. The summed E-state index contributed by atoms with van der Waals surface area (Å²) in [5.74, 6) is -0.662. The number of amides is 2. The SMILES string of the molecule is CCOc1cc(C(Cc2ccccc2)(C(=O)O)N(c2ccc3cncc(C)c3c2)N(C(=O)OC(C)(C)C)C(=O)OC(C)(C)C)ccc1OC(C)C. The van der Waals surface area contributed by atoms with Gasteiger partial charge in [-0.15, -0.1) is 5.01 Å². The number of fused-ring (bicyclic) bond motifs is 1. The van der Waals surface area contributed by atoms with Crippen LogP contribution in [0.2, 0.25) is 0 Å². The molecule has 0 fully saturated rings. The molecule has 4 rings (SSSR count). The second-order valence-corrected chi connectivity index (χ2v) is 14.5. The summed E-state index contributed by atoms with van der Waals surface area (Å²) in [4.78, 5) is 47.6. The summed E-state index contributed by atoms with van der Waals surface area (Å²) in [6, 6.07) is 19.0. The lowest BCUT2D eigenvalue weighted by atomic mass is 9.82. The summed E-state index contributed by atoms with van der Waals surface area (Å²) in [6.45, 7) is 17.6. The molecule has 1 aromatic heterocycles. The van der Waals surface area contributed by atoms with Crippen LogP contribution in [-0.2, 0) is 26.2 Å². The number of benzene rings is 3. The van der Waals surface area contributed by atoms with E-state index in [9.17, 15) is 19.5 Å². The quantitative estimate of drug-likeness (QED) is 0.152. The lowest BCUT2D eigenvalue weighted by Crippen LogP contribution is -2.65. The largest absolute Gasteiger partial charge is 0.490 e. The van der Waals surface area contributed by atoms with Crippen molar-refractivity contribution in [3.63, 3.8) is 0 Å². The van der Waals surface area contributed by atoms with Crippen LogP contribution in [0.5, 0.6) is 11.5 Å². The highest BCUT2D eigenvalue weighted by atomic mass is 16.6. The zero-order valence-corrected chi connectivity index (χ0v) is 31.1. The number of hydrogen-bond donors (Lipinski definition) is 1. The third-order valence-corrected chi connectivity index (χ3v) is 7.62. The van der Waals surface area contributed by atoms with Crippen LogP contribution in [0.1, 0.15) is 79.0 Å². The van der Waals surface area contributed by atoms with Crippen molar-refractivity contribution in [2.45, 2.75) is 98.5 Å². The molecule has 0 saturated heterocycles. The Morgan fingerprint density at radius 3 is 2.00 bits per heavy atom. The monoisotopic (exact) mass is 699 g/mol. The standard InChI is InChI=1S/C40H49N3O8/c1-11-48-34-21-30(18-20-33(34)49-26(2)3)40(35(44)45,23-28-15-13-12-14-16-28)43(31-19-17-29-25-41-24-27(4)32(29)22-31)42(36(46)50-38(5,6)7)37(47)51-39(8,9)10/h12-22,24-26H,11,23H2,1-10H3,(H,44,45). The molecular weight excluding hydrogens is 650 g/mol. The van der Waals surface area contributed by atoms with Crippen LogP contribution in [0.3, 0.4) is 0 Å². The number of nitrogens with zero attached hydrogens (tertiary/aromatic N) is 3. The van der Waals surface area contributed by atoms with Crippen molar-refractivity contribution < 1.29 is 38.4 Å². The maximum atomic E-state index is 14.4. The number of carbonyl (C=O) groups excluding carboxylic acids is 2. The minimum atomic E-state index is -2.20. The number of aromatic nitrogens is 1. The van der Waals surface area contributed by atoms with Gasteiger partial charge >= 0.3 is 18.2 Å². The molecule has 0 aliphatic rings. The highest BCUT2D eigenvalue weighted by Crippen LogP contribution is 2.43. The van der Waals surface area contributed by atoms with Gasteiger partial charge < -0.3 is 24.1 Å². The predicted molar refractivity (Wildman–Crippen MR) is 196 cm³/mol. The van der Waals surface area contributed by atoms with Gasteiger partial charge in [-0.1, -0.05) is 42.5 Å². The molecule has 1 atom stereocenters. The fourth-order valence-corrected chi connectivity index (χ4v) is 5.65. The summed E-state index contributed by atoms with van der Waals surface area (Å²) in [7, 11) is 0. The van der Waals surface area contributed by atoms with Gasteiger partial charge in [-0.3, -0.25) is 4.98 Å². The number of carboxylic acid groups (broad SMARTS) is 1. The van der Waals surface area contributed by atoms with E-state index in [2.05, 4.69) is 4.98 Å². The summed E-state index contributed by atoms with van der Waals surface area (Å²) in [6.07, 6.45) is 0.691. The van der Waals surface area contributed by atoms with Gasteiger partial charge in [-0.2, -0.15) is 0 Å². The van der Waals surface area contributed by atoms with Gasteiger partial charge in [0.05, 0.1) is 18.4 Å². The average molecular weight is 700 g/mol. The van der Waals surface area contributed by atoms with Crippen molar-refractivity contribution in [3.05, 3.63) is 95.8 Å². The van der Waals surface area contributed by atoms with Gasteiger partial charge in [0, 0.05) is 24.2 Å². The molecule has 1 unspecified atom stereocenters. The molecule has 0 radical (unpaired) electrons. The number of aliphatic carboxylic acids is 1. The molecule has 0 spiro atoms. The second-order valence-electron chi connectivity index (χ2n) is 14.5. The molecule has 0 bridgehead atoms. The fraction of sp³-hybridized carbons (Fsp3) is 0.400. The van der Waals surface area contributed by atoms with E-state index < -0.39 is 34.9 Å². The van der Waals surface area contributed by atoms with E-state index in [4.69, 9.17) is 18.9 Å². The molecular formula is C40H49N3O8. The molecule has 272 valence electrons. The van der Waals surface area contributed by atoms with E-state index in [-0.39, 0.29) is 30.4 Å². The molecule has 1 N–H and O–H groups in total. The van der Waals surface area contributed by atoms with E-state index >= 15 is 0 Å². The van der Waals surface area contributed by atoms with Gasteiger partial charge in [0.1, 0.15) is 11.2 Å². The average Bonchev–Trinajstić information content (AvgIpc) is 3.02. The number of pyridine rings is 1. The lowest BCUT2D eigenvalue weighted by Gasteiger charge is -2.47. The zero-order chi connectivity index (χ0) is 37.7. The minimum absolute atomic E-state index is 0.196. The number of imide groups is 1. The Labute approximate surface area is 300 Å². The van der Waals surface area contributed by atoms with Gasteiger partial charge in [-0.05, 0) is 116 Å². The van der Waals surface area contributed by atoms with E-state index in [1.165, 1.54) is 5.01 Å². The Balaban J connectivity index is 2.20. The highest BCUT2D eigenvalue weighted by Gasteiger charge is 2.54. The van der Waals surface area contributed by atoms with Crippen molar-refractivity contribution in [2.24, 2.45) is 0 Å². The Hall–Kier alpha value is -5.32. The number of hydrazine groups is 1. The van der Waals surface area contributed by atoms with Crippen LogP contribution in [0.25, 0.3) is 10.8 Å². The van der Waals surface area contributed by atoms with Gasteiger partial charge in [0.2, 0.25) is 0 Å². The Kier molecular flexibility index (Phi) is 11.5. The number of hydrogen-bond acceptors (Lipinski definition) is 9. The van der Waals surface area contributed by atoms with Crippen LogP contribution in [0, 0.1) is 6.92 Å². The first-order valence-corrected chi connectivity index (χ1v) is 17.0. The van der Waals surface area contributed by atoms with Crippen LogP contribution in [0.4, 0.5) is 15.3 Å². The van der Waals surface area contributed by atoms with Crippen molar-refractivity contribution in [1.29, 1.82) is 0 Å². The molecule has 11 heteroatoms. The number of aryl methyl sites for hydroxylation is 1. The van der Waals surface area contributed by atoms with Crippen molar-refractivity contribution in [1.82, 2.24) is 9.99 Å². The highest BCUT2D eigenvalue weighted by molar-refractivity contribution is 5.96. The lowest BCUT2D eigenvalue weighted by molar-refractivity contribution is -0.145. The second kappa shape index (κ2) is 15.3. The first kappa shape index (κ1) is 38.5. The zero-order valence-electron chi connectivity index (χ0n) is 31.1. The molecule has 3 aromatic carbocycles. The Bertz CT molecular complexity index is 1840. The fourth-order valence-electron chi connectivity index (χ4n) is 5.65. The first-order valence-electron chi connectivity index (χ1n) is 17.0. The minimum Gasteiger partial charge on any atom is -0.490 e. The van der Waals surface area contributed by atoms with Gasteiger partial charge in [-0.25, -0.2) is 19.4 Å². The van der Waals surface area contributed by atoms with Crippen LogP contribution >= 0.6 is 0 Å². The summed E-state index contributed by atoms with van der Waals surface area (Å²) < 4.78 is 23.7. The maximum absolute atomic E-state index is 14.4. The first-order chi connectivity index (χ1) is 23.9. The van der Waals surface area contributed by atoms with Crippen molar-refractivity contribution in [2.75, 3.05) is 11.6 Å². The number of carbonyl (C=O) groups is 3. The Morgan fingerprint density at radius 1 is 0.824 bits per heavy atom. The third kappa shape index (κ3) is 9.08. The van der Waals surface area contributed by atoms with E-state index in [0.29, 0.717) is 22.1 Å². The van der Waals surface area contributed by atoms with E-state index in [1.807, 2.05) is 33.8 Å². The normalized spacial score (nSPS) is 12.9. The van der Waals surface area contributed by atoms with Gasteiger partial charge in [0.15, 0.2) is 17.0 Å². The molecule has 0 saturated carbocycles. The third-order valence-electron chi connectivity index (χ3n) is 7.62. The molecule has 4 aromatic rings. The molecule has 2 amide bonds. The van der Waals surface area contributed by atoms with Crippen molar-refractivity contribution in [3.8, 4) is 11.5 Å². The summed E-state index contributed by atoms with van der Waals surface area (Å²) in [5, 5.41) is 15.0. The van der Waals surface area contributed by atoms with E-state index in [1.54, 1.807) is 115 Å². The number of rotatable bonds is 11. The molecule has 1 heterocycles. The topological polar surface area (TPSA) is 128 Å². The Morgan fingerprint density at radius 2 is 1.45 bits per heavy atom. The van der Waals surface area contributed by atoms with Crippen molar-refractivity contribution >= 4 is 34.6 Å². The van der Waals surface area contributed by atoms with Crippen LogP contribution < -0.4 is 14.5 Å².